The largest absolute Gasteiger partial charge is 0.494 e. The smallest absolute Gasteiger partial charge is 0.119 e. The maximum Gasteiger partial charge on any atom is 0.119 e. The third-order valence-electron chi connectivity index (χ3n) is 3.10. The average molecular weight is 285 g/mol. The molecule has 0 aliphatic carbocycles. The molecule has 0 aromatic heterocycles. The van der Waals surface area contributed by atoms with E-state index in [1.165, 1.54) is 11.1 Å². The van der Waals surface area contributed by atoms with Crippen molar-refractivity contribution in [3.63, 3.8) is 0 Å². The highest BCUT2D eigenvalue weighted by molar-refractivity contribution is 5.29. The Kier molecular flexibility index (Phi) is 6.10. The molecule has 0 saturated carbocycles. The molecular formula is C18H23NO2. The molecule has 0 fully saturated rings. The van der Waals surface area contributed by atoms with Gasteiger partial charge in [-0.05, 0) is 49.2 Å². The van der Waals surface area contributed by atoms with E-state index < -0.39 is 0 Å². The van der Waals surface area contributed by atoms with Gasteiger partial charge in [0.2, 0.25) is 0 Å². The van der Waals surface area contributed by atoms with Crippen molar-refractivity contribution in [3.8, 4) is 11.5 Å². The highest BCUT2D eigenvalue weighted by Gasteiger charge is 1.98. The lowest BCUT2D eigenvalue weighted by molar-refractivity contribution is 0.339. The predicted octanol–water partition coefficient (Wildman–Crippen LogP) is 3.77. The van der Waals surface area contributed by atoms with Gasteiger partial charge in [-0.2, -0.15) is 0 Å². The summed E-state index contributed by atoms with van der Waals surface area (Å²) in [7, 11) is 0. The van der Waals surface area contributed by atoms with Gasteiger partial charge in [-0.15, -0.1) is 0 Å². The third-order valence-corrected chi connectivity index (χ3v) is 3.10. The van der Waals surface area contributed by atoms with Crippen molar-refractivity contribution in [2.75, 3.05) is 13.2 Å². The number of nitrogens with one attached hydrogen (secondary N) is 1. The first-order valence-electron chi connectivity index (χ1n) is 7.46. The summed E-state index contributed by atoms with van der Waals surface area (Å²) in [5.74, 6) is 1.85. The fraction of sp³-hybridized carbons (Fsp3) is 0.333. The highest BCUT2D eigenvalue weighted by Crippen LogP contribution is 2.14. The van der Waals surface area contributed by atoms with E-state index in [1.54, 1.807) is 0 Å². The zero-order valence-corrected chi connectivity index (χ0v) is 12.8. The fourth-order valence-electron chi connectivity index (χ4n) is 2.13. The van der Waals surface area contributed by atoms with Crippen molar-refractivity contribution in [2.24, 2.45) is 0 Å². The van der Waals surface area contributed by atoms with Crippen molar-refractivity contribution in [2.45, 2.75) is 26.9 Å². The van der Waals surface area contributed by atoms with Crippen LogP contribution in [0.1, 0.15) is 25.0 Å². The summed E-state index contributed by atoms with van der Waals surface area (Å²) in [5, 5.41) is 3.44. The Morgan fingerprint density at radius 2 is 1.43 bits per heavy atom. The molecule has 2 aromatic carbocycles. The van der Waals surface area contributed by atoms with E-state index in [0.717, 1.165) is 24.6 Å². The SMILES string of the molecule is CCOc1ccc(CNCc2cccc(OCC)c2)cc1. The van der Waals surface area contributed by atoms with E-state index in [9.17, 15) is 0 Å². The van der Waals surface area contributed by atoms with Crippen LogP contribution in [0.3, 0.4) is 0 Å². The van der Waals surface area contributed by atoms with Gasteiger partial charge in [-0.25, -0.2) is 0 Å². The molecule has 3 nitrogen and oxygen atoms in total. The number of ether oxygens (including phenoxy) is 2. The molecule has 2 aromatic rings. The van der Waals surface area contributed by atoms with Crippen LogP contribution in [0.4, 0.5) is 0 Å². The normalized spacial score (nSPS) is 10.4. The Labute approximate surface area is 126 Å². The van der Waals surface area contributed by atoms with Crippen LogP contribution in [0, 0.1) is 0 Å². The standard InChI is InChI=1S/C18H23NO2/c1-3-20-17-10-8-15(9-11-17)13-19-14-16-6-5-7-18(12-16)21-4-2/h5-12,19H,3-4,13-14H2,1-2H3. The fourth-order valence-corrected chi connectivity index (χ4v) is 2.13. The molecule has 0 amide bonds. The van der Waals surface area contributed by atoms with Crippen molar-refractivity contribution >= 4 is 0 Å². The summed E-state index contributed by atoms with van der Waals surface area (Å²) in [6.45, 7) is 7.05. The quantitative estimate of drug-likeness (QED) is 0.801. The van der Waals surface area contributed by atoms with Crippen LogP contribution in [0.2, 0.25) is 0 Å². The molecule has 1 N–H and O–H groups in total. The highest BCUT2D eigenvalue weighted by atomic mass is 16.5. The summed E-state index contributed by atoms with van der Waals surface area (Å²) in [6, 6.07) is 16.4. The summed E-state index contributed by atoms with van der Waals surface area (Å²) < 4.78 is 10.9. The molecule has 21 heavy (non-hydrogen) atoms. The second-order valence-corrected chi connectivity index (χ2v) is 4.76. The molecule has 0 bridgehead atoms. The van der Waals surface area contributed by atoms with Crippen molar-refractivity contribution in [3.05, 3.63) is 59.7 Å². The Hall–Kier alpha value is -2.00. The molecule has 0 aliphatic heterocycles. The second-order valence-electron chi connectivity index (χ2n) is 4.76. The van der Waals surface area contributed by atoms with E-state index >= 15 is 0 Å². The first-order chi connectivity index (χ1) is 10.3. The Morgan fingerprint density at radius 1 is 0.762 bits per heavy atom. The summed E-state index contributed by atoms with van der Waals surface area (Å²) >= 11 is 0. The molecule has 0 radical (unpaired) electrons. The van der Waals surface area contributed by atoms with Crippen LogP contribution in [0.25, 0.3) is 0 Å². The first kappa shape index (κ1) is 15.4. The minimum absolute atomic E-state index is 0.697. The van der Waals surface area contributed by atoms with Crippen molar-refractivity contribution in [1.82, 2.24) is 5.32 Å². The van der Waals surface area contributed by atoms with Crippen LogP contribution < -0.4 is 14.8 Å². The van der Waals surface area contributed by atoms with E-state index in [-0.39, 0.29) is 0 Å². The van der Waals surface area contributed by atoms with Crippen molar-refractivity contribution < 1.29 is 9.47 Å². The maximum absolute atomic E-state index is 5.51. The monoisotopic (exact) mass is 285 g/mol. The van der Waals surface area contributed by atoms with Gasteiger partial charge in [0.25, 0.3) is 0 Å². The van der Waals surface area contributed by atoms with E-state index in [1.807, 2.05) is 38.1 Å². The van der Waals surface area contributed by atoms with Gasteiger partial charge < -0.3 is 14.8 Å². The van der Waals surface area contributed by atoms with Gasteiger partial charge in [-0.1, -0.05) is 24.3 Å². The zero-order chi connectivity index (χ0) is 14.9. The molecule has 0 aliphatic rings. The molecular weight excluding hydrogens is 262 g/mol. The number of hydrogen-bond acceptors (Lipinski definition) is 3. The van der Waals surface area contributed by atoms with E-state index in [2.05, 4.69) is 29.6 Å². The topological polar surface area (TPSA) is 30.5 Å². The lowest BCUT2D eigenvalue weighted by atomic mass is 10.2. The molecule has 0 unspecified atom stereocenters. The third kappa shape index (κ3) is 5.12. The molecule has 0 heterocycles. The van der Waals surface area contributed by atoms with Crippen LogP contribution in [-0.2, 0) is 13.1 Å². The minimum atomic E-state index is 0.697. The number of benzene rings is 2. The van der Waals surface area contributed by atoms with E-state index in [0.29, 0.717) is 13.2 Å². The van der Waals surface area contributed by atoms with Gasteiger partial charge in [0.15, 0.2) is 0 Å². The van der Waals surface area contributed by atoms with Gasteiger partial charge >= 0.3 is 0 Å². The maximum atomic E-state index is 5.51. The molecule has 0 spiro atoms. The van der Waals surface area contributed by atoms with Crippen LogP contribution in [0.5, 0.6) is 11.5 Å². The predicted molar refractivity (Wildman–Crippen MR) is 85.8 cm³/mol. The Bertz CT molecular complexity index is 537. The van der Waals surface area contributed by atoms with Gasteiger partial charge in [0.05, 0.1) is 13.2 Å². The van der Waals surface area contributed by atoms with Gasteiger partial charge in [0, 0.05) is 13.1 Å². The van der Waals surface area contributed by atoms with Gasteiger partial charge in [-0.3, -0.25) is 0 Å². The molecule has 0 atom stereocenters. The van der Waals surface area contributed by atoms with Crippen molar-refractivity contribution in [1.29, 1.82) is 0 Å². The number of hydrogen-bond donors (Lipinski definition) is 1. The zero-order valence-electron chi connectivity index (χ0n) is 12.8. The van der Waals surface area contributed by atoms with Crippen LogP contribution >= 0.6 is 0 Å². The lowest BCUT2D eigenvalue weighted by Gasteiger charge is -2.08. The average Bonchev–Trinajstić information content (AvgIpc) is 2.50. The summed E-state index contributed by atoms with van der Waals surface area (Å²) in [5.41, 5.74) is 2.48. The van der Waals surface area contributed by atoms with E-state index in [4.69, 9.17) is 9.47 Å². The first-order valence-corrected chi connectivity index (χ1v) is 7.46. The van der Waals surface area contributed by atoms with Crippen LogP contribution in [-0.4, -0.2) is 13.2 Å². The molecule has 0 saturated heterocycles. The van der Waals surface area contributed by atoms with Gasteiger partial charge in [0.1, 0.15) is 11.5 Å². The Morgan fingerprint density at radius 3 is 2.14 bits per heavy atom. The summed E-state index contributed by atoms with van der Waals surface area (Å²) in [6.07, 6.45) is 0. The molecule has 3 heteroatoms. The molecule has 2 rings (SSSR count). The number of rotatable bonds is 8. The molecule has 112 valence electrons. The summed E-state index contributed by atoms with van der Waals surface area (Å²) in [4.78, 5) is 0. The van der Waals surface area contributed by atoms with Crippen LogP contribution in [0.15, 0.2) is 48.5 Å². The Balaban J connectivity index is 1.82. The minimum Gasteiger partial charge on any atom is -0.494 e. The second kappa shape index (κ2) is 8.32. The lowest BCUT2D eigenvalue weighted by Crippen LogP contribution is -2.12.